The molecule has 0 atom stereocenters. The van der Waals surface area contributed by atoms with Crippen LogP contribution in [-0.4, -0.2) is 9.55 Å². The standard InChI is InChI=1S/C16H19N3/c1-19-15-9-13(11-17)7-8-14(15)18-16(19)10-12-5-3-2-4-6-12/h7-9,12H,2-6,10H2,1H3. The quantitative estimate of drug-likeness (QED) is 0.821. The first-order valence-electron chi connectivity index (χ1n) is 7.13. The first kappa shape index (κ1) is 12.2. The lowest BCUT2D eigenvalue weighted by Crippen LogP contribution is -2.12. The van der Waals surface area contributed by atoms with E-state index >= 15 is 0 Å². The Morgan fingerprint density at radius 1 is 1.32 bits per heavy atom. The highest BCUT2D eigenvalue weighted by atomic mass is 15.1. The topological polar surface area (TPSA) is 41.6 Å². The van der Waals surface area contributed by atoms with Gasteiger partial charge in [0, 0.05) is 13.5 Å². The van der Waals surface area contributed by atoms with Gasteiger partial charge < -0.3 is 4.57 Å². The fourth-order valence-electron chi connectivity index (χ4n) is 3.14. The maximum Gasteiger partial charge on any atom is 0.109 e. The molecule has 1 aliphatic rings. The number of aryl methyl sites for hydroxylation is 1. The first-order chi connectivity index (χ1) is 9.28. The van der Waals surface area contributed by atoms with Crippen molar-refractivity contribution in [3.63, 3.8) is 0 Å². The Hall–Kier alpha value is -1.82. The second-order valence-corrected chi connectivity index (χ2v) is 5.61. The fraction of sp³-hybridized carbons (Fsp3) is 0.500. The van der Waals surface area contributed by atoms with Crippen LogP contribution in [0.3, 0.4) is 0 Å². The van der Waals surface area contributed by atoms with Crippen molar-refractivity contribution in [3.8, 4) is 6.07 Å². The molecule has 1 saturated carbocycles. The average Bonchev–Trinajstić information content (AvgIpc) is 2.76. The van der Waals surface area contributed by atoms with E-state index in [1.807, 2.05) is 18.2 Å². The number of hydrogen-bond donors (Lipinski definition) is 0. The molecule has 0 spiro atoms. The Morgan fingerprint density at radius 2 is 2.11 bits per heavy atom. The smallest absolute Gasteiger partial charge is 0.109 e. The van der Waals surface area contributed by atoms with Gasteiger partial charge in [0.05, 0.1) is 22.7 Å². The molecule has 98 valence electrons. The van der Waals surface area contributed by atoms with Crippen LogP contribution < -0.4 is 0 Å². The van der Waals surface area contributed by atoms with E-state index in [0.29, 0.717) is 5.56 Å². The van der Waals surface area contributed by atoms with Crippen LogP contribution >= 0.6 is 0 Å². The maximum atomic E-state index is 8.98. The van der Waals surface area contributed by atoms with Crippen LogP contribution in [0.1, 0.15) is 43.5 Å². The van der Waals surface area contributed by atoms with Crippen molar-refractivity contribution in [2.45, 2.75) is 38.5 Å². The normalized spacial score (nSPS) is 16.6. The van der Waals surface area contributed by atoms with E-state index in [-0.39, 0.29) is 0 Å². The number of nitriles is 1. The zero-order chi connectivity index (χ0) is 13.2. The largest absolute Gasteiger partial charge is 0.331 e. The Kier molecular flexibility index (Phi) is 3.25. The van der Waals surface area contributed by atoms with Gasteiger partial charge in [0.2, 0.25) is 0 Å². The van der Waals surface area contributed by atoms with Crippen LogP contribution in [0.5, 0.6) is 0 Å². The molecule has 19 heavy (non-hydrogen) atoms. The Labute approximate surface area is 113 Å². The number of aromatic nitrogens is 2. The van der Waals surface area contributed by atoms with E-state index in [1.54, 1.807) is 0 Å². The van der Waals surface area contributed by atoms with Gasteiger partial charge in [0.1, 0.15) is 5.82 Å². The molecule has 1 aromatic heterocycles. The van der Waals surface area contributed by atoms with Gasteiger partial charge >= 0.3 is 0 Å². The van der Waals surface area contributed by atoms with Gasteiger partial charge in [-0.1, -0.05) is 32.1 Å². The molecule has 3 rings (SSSR count). The second kappa shape index (κ2) is 5.05. The average molecular weight is 253 g/mol. The second-order valence-electron chi connectivity index (χ2n) is 5.61. The summed E-state index contributed by atoms with van der Waals surface area (Å²) in [6.07, 6.45) is 7.89. The van der Waals surface area contributed by atoms with Crippen molar-refractivity contribution < 1.29 is 0 Å². The Bertz CT molecular complexity index is 627. The molecule has 1 fully saturated rings. The summed E-state index contributed by atoms with van der Waals surface area (Å²) in [5.41, 5.74) is 2.79. The van der Waals surface area contributed by atoms with Gasteiger partial charge in [-0.15, -0.1) is 0 Å². The van der Waals surface area contributed by atoms with E-state index < -0.39 is 0 Å². The minimum atomic E-state index is 0.708. The fourth-order valence-corrected chi connectivity index (χ4v) is 3.14. The Morgan fingerprint density at radius 3 is 2.84 bits per heavy atom. The molecule has 1 aliphatic carbocycles. The van der Waals surface area contributed by atoms with Gasteiger partial charge in [-0.25, -0.2) is 4.98 Å². The molecule has 1 aromatic carbocycles. The number of rotatable bonds is 2. The highest BCUT2D eigenvalue weighted by Gasteiger charge is 2.17. The monoisotopic (exact) mass is 253 g/mol. The van der Waals surface area contributed by atoms with Crippen LogP contribution in [0.25, 0.3) is 11.0 Å². The summed E-state index contributed by atoms with van der Waals surface area (Å²) in [7, 11) is 2.06. The van der Waals surface area contributed by atoms with Crippen LogP contribution in [0.4, 0.5) is 0 Å². The summed E-state index contributed by atoms with van der Waals surface area (Å²) < 4.78 is 2.16. The van der Waals surface area contributed by atoms with Gasteiger partial charge in [-0.3, -0.25) is 0 Å². The van der Waals surface area contributed by atoms with Crippen molar-refractivity contribution in [3.05, 3.63) is 29.6 Å². The summed E-state index contributed by atoms with van der Waals surface area (Å²) in [6.45, 7) is 0. The third-order valence-electron chi connectivity index (χ3n) is 4.30. The van der Waals surface area contributed by atoms with Gasteiger partial charge in [-0.2, -0.15) is 5.26 Å². The third kappa shape index (κ3) is 2.35. The van der Waals surface area contributed by atoms with Crippen LogP contribution in [0.2, 0.25) is 0 Å². The lowest BCUT2D eigenvalue weighted by Gasteiger charge is -2.20. The van der Waals surface area contributed by atoms with Crippen molar-refractivity contribution in [1.29, 1.82) is 5.26 Å². The number of hydrogen-bond acceptors (Lipinski definition) is 2. The van der Waals surface area contributed by atoms with Crippen LogP contribution in [-0.2, 0) is 13.5 Å². The number of imidazole rings is 1. The molecule has 0 radical (unpaired) electrons. The van der Waals surface area contributed by atoms with Gasteiger partial charge in [0.15, 0.2) is 0 Å². The zero-order valence-electron chi connectivity index (χ0n) is 11.4. The van der Waals surface area contributed by atoms with Gasteiger partial charge in [0.25, 0.3) is 0 Å². The van der Waals surface area contributed by atoms with E-state index in [0.717, 1.165) is 29.2 Å². The van der Waals surface area contributed by atoms with E-state index in [1.165, 1.54) is 32.1 Å². The molecule has 0 saturated heterocycles. The van der Waals surface area contributed by atoms with E-state index in [9.17, 15) is 0 Å². The van der Waals surface area contributed by atoms with Crippen molar-refractivity contribution >= 4 is 11.0 Å². The lowest BCUT2D eigenvalue weighted by atomic mass is 9.87. The molecule has 0 unspecified atom stereocenters. The molecule has 0 bridgehead atoms. The minimum absolute atomic E-state index is 0.708. The predicted molar refractivity (Wildman–Crippen MR) is 75.7 cm³/mol. The summed E-state index contributed by atoms with van der Waals surface area (Å²) in [5, 5.41) is 8.98. The minimum Gasteiger partial charge on any atom is -0.331 e. The summed E-state index contributed by atoms with van der Waals surface area (Å²) in [6, 6.07) is 7.94. The molecule has 3 heteroatoms. The zero-order valence-corrected chi connectivity index (χ0v) is 11.4. The molecule has 3 nitrogen and oxygen atoms in total. The lowest BCUT2D eigenvalue weighted by molar-refractivity contribution is 0.349. The van der Waals surface area contributed by atoms with Gasteiger partial charge in [-0.05, 0) is 24.1 Å². The molecule has 0 amide bonds. The van der Waals surface area contributed by atoms with Crippen LogP contribution in [0, 0.1) is 17.2 Å². The van der Waals surface area contributed by atoms with E-state index in [2.05, 4.69) is 17.7 Å². The molecular weight excluding hydrogens is 234 g/mol. The molecular formula is C16H19N3. The van der Waals surface area contributed by atoms with Crippen LogP contribution in [0.15, 0.2) is 18.2 Å². The molecule has 1 heterocycles. The third-order valence-corrected chi connectivity index (χ3v) is 4.30. The van der Waals surface area contributed by atoms with E-state index in [4.69, 9.17) is 10.2 Å². The SMILES string of the molecule is Cn1c(CC2CCCCC2)nc2ccc(C#N)cc21. The number of benzene rings is 1. The first-order valence-corrected chi connectivity index (χ1v) is 7.13. The summed E-state index contributed by atoms with van der Waals surface area (Å²) in [4.78, 5) is 4.74. The summed E-state index contributed by atoms with van der Waals surface area (Å²) >= 11 is 0. The predicted octanol–water partition coefficient (Wildman–Crippen LogP) is 3.57. The number of fused-ring (bicyclic) bond motifs is 1. The molecule has 2 aromatic rings. The highest BCUT2D eigenvalue weighted by molar-refractivity contribution is 5.77. The maximum absolute atomic E-state index is 8.98. The Balaban J connectivity index is 1.91. The summed E-state index contributed by atoms with van der Waals surface area (Å²) in [5.74, 6) is 1.96. The molecule has 0 aliphatic heterocycles. The number of nitrogens with zero attached hydrogens (tertiary/aromatic N) is 3. The highest BCUT2D eigenvalue weighted by Crippen LogP contribution is 2.27. The van der Waals surface area contributed by atoms with Crippen molar-refractivity contribution in [1.82, 2.24) is 9.55 Å². The molecule has 0 N–H and O–H groups in total. The van der Waals surface area contributed by atoms with Crippen molar-refractivity contribution in [2.24, 2.45) is 13.0 Å². The van der Waals surface area contributed by atoms with Crippen molar-refractivity contribution in [2.75, 3.05) is 0 Å².